The molecule has 2 aromatic rings. The summed E-state index contributed by atoms with van der Waals surface area (Å²) in [6.45, 7) is 2.80. The number of H-pyrrole nitrogens is 1. The maximum absolute atomic E-state index is 11.8. The predicted octanol–water partition coefficient (Wildman–Crippen LogP) is 2.84. The molecule has 0 unspecified atom stereocenters. The number of hydrogen-bond donors (Lipinski definition) is 3. The molecule has 140 valence electrons. The Morgan fingerprint density at radius 2 is 1.96 bits per heavy atom. The minimum atomic E-state index is -0.173. The second-order valence-electron chi connectivity index (χ2n) is 6.97. The standard InChI is InChI=1S/C14H14N2O3.C6H12O/c1-8-2-3-10(12(17)6-8)13-11-7-19-5-4-9(11)14(18)16-15-13;7-6-4-2-1-3-5-6/h2-3,6,17H,4-5,7H2,1H3,(H,16,18);6-7H,1-5H2. The lowest BCUT2D eigenvalue weighted by atomic mass is 9.98. The fourth-order valence-corrected chi connectivity index (χ4v) is 3.44. The fourth-order valence-electron chi connectivity index (χ4n) is 3.44. The molecule has 1 aliphatic carbocycles. The first-order valence-corrected chi connectivity index (χ1v) is 9.22. The summed E-state index contributed by atoms with van der Waals surface area (Å²) >= 11 is 0. The minimum Gasteiger partial charge on any atom is -0.507 e. The number of aromatic nitrogens is 2. The summed E-state index contributed by atoms with van der Waals surface area (Å²) in [5.41, 5.74) is 3.48. The molecule has 1 aromatic heterocycles. The SMILES string of the molecule is Cc1ccc(-c2n[nH]c(=O)c3c2COCC3)c(O)c1.OC1CCCCC1. The molecule has 6 heteroatoms. The van der Waals surface area contributed by atoms with Gasteiger partial charge in [-0.15, -0.1) is 0 Å². The number of nitrogens with one attached hydrogen (secondary N) is 1. The number of aryl methyl sites for hydroxylation is 1. The van der Waals surface area contributed by atoms with Crippen LogP contribution < -0.4 is 5.56 Å². The van der Waals surface area contributed by atoms with E-state index in [1.807, 2.05) is 13.0 Å². The van der Waals surface area contributed by atoms with Crippen LogP contribution in [0.3, 0.4) is 0 Å². The van der Waals surface area contributed by atoms with Crippen LogP contribution >= 0.6 is 0 Å². The van der Waals surface area contributed by atoms with E-state index in [9.17, 15) is 9.90 Å². The van der Waals surface area contributed by atoms with Gasteiger partial charge in [-0.1, -0.05) is 25.3 Å². The van der Waals surface area contributed by atoms with E-state index in [2.05, 4.69) is 10.2 Å². The number of aromatic hydroxyl groups is 1. The Morgan fingerprint density at radius 3 is 2.62 bits per heavy atom. The van der Waals surface area contributed by atoms with Gasteiger partial charge in [-0.2, -0.15) is 5.10 Å². The van der Waals surface area contributed by atoms with E-state index >= 15 is 0 Å². The van der Waals surface area contributed by atoms with E-state index < -0.39 is 0 Å². The Kier molecular flexibility index (Phi) is 6.06. The lowest BCUT2D eigenvalue weighted by Gasteiger charge is -2.18. The zero-order valence-electron chi connectivity index (χ0n) is 15.1. The molecule has 0 spiro atoms. The third kappa shape index (κ3) is 4.31. The van der Waals surface area contributed by atoms with Crippen molar-refractivity contribution in [3.8, 4) is 17.0 Å². The van der Waals surface area contributed by atoms with Gasteiger partial charge in [0.05, 0.1) is 19.3 Å². The zero-order valence-corrected chi connectivity index (χ0v) is 15.1. The Hall–Kier alpha value is -2.18. The maximum Gasteiger partial charge on any atom is 0.267 e. The third-order valence-corrected chi connectivity index (χ3v) is 4.92. The summed E-state index contributed by atoms with van der Waals surface area (Å²) in [6.07, 6.45) is 6.50. The molecular formula is C20H26N2O4. The molecule has 26 heavy (non-hydrogen) atoms. The average Bonchev–Trinajstić information content (AvgIpc) is 2.64. The number of aliphatic hydroxyl groups excluding tert-OH is 1. The summed E-state index contributed by atoms with van der Waals surface area (Å²) in [4.78, 5) is 11.8. The quantitative estimate of drug-likeness (QED) is 0.728. The summed E-state index contributed by atoms with van der Waals surface area (Å²) < 4.78 is 5.40. The Morgan fingerprint density at radius 1 is 1.19 bits per heavy atom. The van der Waals surface area contributed by atoms with Crippen LogP contribution in [0.4, 0.5) is 0 Å². The van der Waals surface area contributed by atoms with Crippen LogP contribution in [0.5, 0.6) is 5.75 Å². The molecule has 0 amide bonds. The molecule has 0 bridgehead atoms. The van der Waals surface area contributed by atoms with Crippen molar-refractivity contribution in [1.82, 2.24) is 10.2 Å². The molecule has 1 fully saturated rings. The molecule has 2 heterocycles. The number of nitrogens with zero attached hydrogens (tertiary/aromatic N) is 1. The summed E-state index contributed by atoms with van der Waals surface area (Å²) in [6, 6.07) is 5.39. The number of aromatic amines is 1. The van der Waals surface area contributed by atoms with E-state index in [0.29, 0.717) is 36.5 Å². The zero-order chi connectivity index (χ0) is 18.5. The van der Waals surface area contributed by atoms with Crippen molar-refractivity contribution in [3.63, 3.8) is 0 Å². The molecular weight excluding hydrogens is 332 g/mol. The second kappa shape index (κ2) is 8.47. The van der Waals surface area contributed by atoms with Gasteiger partial charge in [-0.05, 0) is 37.5 Å². The number of ether oxygens (including phenoxy) is 1. The molecule has 3 N–H and O–H groups in total. The van der Waals surface area contributed by atoms with Gasteiger partial charge < -0.3 is 14.9 Å². The molecule has 0 saturated heterocycles. The molecule has 0 radical (unpaired) electrons. The van der Waals surface area contributed by atoms with E-state index in [0.717, 1.165) is 24.0 Å². The normalized spacial score (nSPS) is 17.2. The highest BCUT2D eigenvalue weighted by Gasteiger charge is 2.20. The van der Waals surface area contributed by atoms with Crippen molar-refractivity contribution in [2.24, 2.45) is 0 Å². The summed E-state index contributed by atoms with van der Waals surface area (Å²) in [5, 5.41) is 25.5. The lowest BCUT2D eigenvalue weighted by molar-refractivity contribution is 0.110. The van der Waals surface area contributed by atoms with Crippen molar-refractivity contribution >= 4 is 0 Å². The Bertz CT molecular complexity index is 810. The highest BCUT2D eigenvalue weighted by atomic mass is 16.5. The second-order valence-corrected chi connectivity index (χ2v) is 6.97. The number of benzene rings is 1. The predicted molar refractivity (Wildman–Crippen MR) is 99.1 cm³/mol. The lowest BCUT2D eigenvalue weighted by Crippen LogP contribution is -2.24. The van der Waals surface area contributed by atoms with Gasteiger partial charge in [0.15, 0.2) is 0 Å². The largest absolute Gasteiger partial charge is 0.507 e. The van der Waals surface area contributed by atoms with Crippen LogP contribution in [0.15, 0.2) is 23.0 Å². The smallest absolute Gasteiger partial charge is 0.267 e. The summed E-state index contributed by atoms with van der Waals surface area (Å²) in [7, 11) is 0. The number of aliphatic hydroxyl groups is 1. The van der Waals surface area contributed by atoms with Gasteiger partial charge >= 0.3 is 0 Å². The maximum atomic E-state index is 11.8. The number of rotatable bonds is 1. The van der Waals surface area contributed by atoms with Crippen molar-refractivity contribution in [3.05, 3.63) is 45.2 Å². The van der Waals surface area contributed by atoms with Crippen molar-refractivity contribution in [2.45, 2.75) is 58.2 Å². The van der Waals surface area contributed by atoms with Gasteiger partial charge in [0.25, 0.3) is 5.56 Å². The van der Waals surface area contributed by atoms with Crippen LogP contribution in [-0.4, -0.2) is 33.1 Å². The Labute approximate surface area is 152 Å². The van der Waals surface area contributed by atoms with Crippen LogP contribution in [0.25, 0.3) is 11.3 Å². The van der Waals surface area contributed by atoms with Crippen molar-refractivity contribution in [2.75, 3.05) is 6.61 Å². The molecule has 4 rings (SSSR count). The topological polar surface area (TPSA) is 95.4 Å². The van der Waals surface area contributed by atoms with E-state index in [4.69, 9.17) is 9.84 Å². The number of phenols is 1. The number of phenolic OH excluding ortho intramolecular Hbond substituents is 1. The molecule has 1 saturated carbocycles. The van der Waals surface area contributed by atoms with Crippen molar-refractivity contribution < 1.29 is 14.9 Å². The molecule has 1 aromatic carbocycles. The van der Waals surface area contributed by atoms with Gasteiger partial charge in [0.2, 0.25) is 0 Å². The first-order valence-electron chi connectivity index (χ1n) is 9.22. The number of fused-ring (bicyclic) bond motifs is 1. The molecule has 0 atom stereocenters. The van der Waals surface area contributed by atoms with Crippen LogP contribution in [0.2, 0.25) is 0 Å². The van der Waals surface area contributed by atoms with E-state index in [-0.39, 0.29) is 17.4 Å². The third-order valence-electron chi connectivity index (χ3n) is 4.92. The van der Waals surface area contributed by atoms with Gasteiger partial charge in [-0.25, -0.2) is 5.10 Å². The van der Waals surface area contributed by atoms with E-state index in [1.54, 1.807) is 12.1 Å². The molecule has 6 nitrogen and oxygen atoms in total. The van der Waals surface area contributed by atoms with E-state index in [1.165, 1.54) is 19.3 Å². The molecule has 1 aliphatic heterocycles. The molecule has 2 aliphatic rings. The first-order chi connectivity index (χ1) is 12.6. The number of hydrogen-bond acceptors (Lipinski definition) is 5. The fraction of sp³-hybridized carbons (Fsp3) is 0.500. The average molecular weight is 358 g/mol. The van der Waals surface area contributed by atoms with Crippen LogP contribution in [0.1, 0.15) is 48.8 Å². The van der Waals surface area contributed by atoms with Crippen LogP contribution in [-0.2, 0) is 17.8 Å². The Balaban J connectivity index is 0.000000236. The first kappa shape index (κ1) is 18.6. The van der Waals surface area contributed by atoms with Gasteiger partial charge in [-0.3, -0.25) is 4.79 Å². The highest BCUT2D eigenvalue weighted by molar-refractivity contribution is 5.70. The van der Waals surface area contributed by atoms with Gasteiger partial charge in [0.1, 0.15) is 11.4 Å². The highest BCUT2D eigenvalue weighted by Crippen LogP contribution is 2.32. The van der Waals surface area contributed by atoms with Crippen molar-refractivity contribution in [1.29, 1.82) is 0 Å². The van der Waals surface area contributed by atoms with Crippen LogP contribution in [0, 0.1) is 6.92 Å². The van der Waals surface area contributed by atoms with Gasteiger partial charge in [0, 0.05) is 23.1 Å². The minimum absolute atomic E-state index is 0.0359. The monoisotopic (exact) mass is 358 g/mol. The summed E-state index contributed by atoms with van der Waals surface area (Å²) in [5.74, 6) is 0.160.